The quantitative estimate of drug-likeness (QED) is 0.798. The lowest BCUT2D eigenvalue weighted by Crippen LogP contribution is -2.15. The molecule has 0 unspecified atom stereocenters. The number of hydrogen-bond acceptors (Lipinski definition) is 5. The number of amides is 1. The van der Waals surface area contributed by atoms with Crippen LogP contribution in [0.2, 0.25) is 0 Å². The number of nitrogens with zero attached hydrogens (tertiary/aromatic N) is 2. The maximum Gasteiger partial charge on any atom is 0.316 e. The molecule has 1 N–H and O–H groups in total. The van der Waals surface area contributed by atoms with Gasteiger partial charge in [0, 0.05) is 5.39 Å². The molecule has 6 nitrogen and oxygen atoms in total. The lowest BCUT2D eigenvalue weighted by Gasteiger charge is -2.11. The lowest BCUT2D eigenvalue weighted by atomic mass is 10.2. The highest BCUT2D eigenvalue weighted by Crippen LogP contribution is 2.23. The van der Waals surface area contributed by atoms with E-state index in [0.29, 0.717) is 35.3 Å². The van der Waals surface area contributed by atoms with E-state index >= 15 is 0 Å². The summed E-state index contributed by atoms with van der Waals surface area (Å²) in [6, 6.07) is 9.50. The monoisotopic (exact) mass is 311 g/mol. The molecule has 0 aliphatic heterocycles. The van der Waals surface area contributed by atoms with Crippen molar-refractivity contribution in [1.82, 2.24) is 9.97 Å². The van der Waals surface area contributed by atoms with Crippen LogP contribution < -0.4 is 10.1 Å². The number of aromatic nitrogens is 2. The summed E-state index contributed by atoms with van der Waals surface area (Å²) in [5, 5.41) is 3.70. The van der Waals surface area contributed by atoms with Gasteiger partial charge < -0.3 is 14.5 Å². The van der Waals surface area contributed by atoms with E-state index in [1.54, 1.807) is 19.9 Å². The van der Waals surface area contributed by atoms with Gasteiger partial charge in [0.05, 0.1) is 23.7 Å². The molecular formula is C17H17N3O3. The molecule has 23 heavy (non-hydrogen) atoms. The van der Waals surface area contributed by atoms with Crippen LogP contribution in [-0.4, -0.2) is 22.5 Å². The zero-order valence-electron chi connectivity index (χ0n) is 13.2. The van der Waals surface area contributed by atoms with Gasteiger partial charge >= 0.3 is 6.01 Å². The molecule has 3 rings (SSSR count). The van der Waals surface area contributed by atoms with Crippen molar-refractivity contribution in [1.29, 1.82) is 0 Å². The fourth-order valence-corrected chi connectivity index (χ4v) is 2.33. The number of carbonyl (C=O) groups excluding carboxylic acids is 1. The molecule has 0 bridgehead atoms. The highest BCUT2D eigenvalue weighted by atomic mass is 16.5. The Bertz CT molecular complexity index is 814. The maximum absolute atomic E-state index is 12.4. The fourth-order valence-electron chi connectivity index (χ4n) is 2.33. The molecule has 0 radical (unpaired) electrons. The van der Waals surface area contributed by atoms with Crippen molar-refractivity contribution in [2.75, 3.05) is 11.9 Å². The summed E-state index contributed by atoms with van der Waals surface area (Å²) in [4.78, 5) is 20.9. The van der Waals surface area contributed by atoms with E-state index in [4.69, 9.17) is 9.15 Å². The number of ether oxygens (including phenoxy) is 1. The van der Waals surface area contributed by atoms with Crippen LogP contribution in [0, 0.1) is 13.8 Å². The number of hydrogen-bond donors (Lipinski definition) is 1. The van der Waals surface area contributed by atoms with Crippen LogP contribution >= 0.6 is 0 Å². The summed E-state index contributed by atoms with van der Waals surface area (Å²) < 4.78 is 10.9. The van der Waals surface area contributed by atoms with Gasteiger partial charge in [-0.2, -0.15) is 9.97 Å². The van der Waals surface area contributed by atoms with Crippen molar-refractivity contribution in [3.8, 4) is 6.01 Å². The van der Waals surface area contributed by atoms with E-state index in [9.17, 15) is 4.79 Å². The Labute approximate surface area is 133 Å². The summed E-state index contributed by atoms with van der Waals surface area (Å²) >= 11 is 0. The molecule has 1 aromatic carbocycles. The SMILES string of the molecule is CCOc1nc(C)c(NC(=O)c2cc3ccccc3o2)c(C)n1. The van der Waals surface area contributed by atoms with Crippen molar-refractivity contribution in [3.05, 3.63) is 47.5 Å². The molecule has 2 aromatic heterocycles. The summed E-state index contributed by atoms with van der Waals surface area (Å²) in [5.41, 5.74) is 2.53. The molecular weight excluding hydrogens is 294 g/mol. The molecule has 0 aliphatic rings. The van der Waals surface area contributed by atoms with E-state index in [-0.39, 0.29) is 11.7 Å². The number of benzene rings is 1. The lowest BCUT2D eigenvalue weighted by molar-refractivity contribution is 0.0998. The Kier molecular flexibility index (Phi) is 3.97. The van der Waals surface area contributed by atoms with E-state index in [1.807, 2.05) is 31.2 Å². The fraction of sp³-hybridized carbons (Fsp3) is 0.235. The molecule has 1 amide bonds. The molecule has 0 atom stereocenters. The first-order valence-electron chi connectivity index (χ1n) is 7.36. The third-order valence-corrected chi connectivity index (χ3v) is 3.41. The Balaban J connectivity index is 1.87. The summed E-state index contributed by atoms with van der Waals surface area (Å²) in [6.45, 7) is 5.95. The highest BCUT2D eigenvalue weighted by Gasteiger charge is 2.16. The molecule has 0 spiro atoms. The Morgan fingerprint density at radius 3 is 2.57 bits per heavy atom. The number of carbonyl (C=O) groups is 1. The Hall–Kier alpha value is -2.89. The number of nitrogens with one attached hydrogen (secondary N) is 1. The van der Waals surface area contributed by atoms with Crippen LogP contribution in [0.5, 0.6) is 6.01 Å². The summed E-state index contributed by atoms with van der Waals surface area (Å²) in [5.74, 6) is -0.0842. The van der Waals surface area contributed by atoms with Crippen LogP contribution in [-0.2, 0) is 0 Å². The van der Waals surface area contributed by atoms with Crippen molar-refractivity contribution in [3.63, 3.8) is 0 Å². The van der Waals surface area contributed by atoms with Crippen LogP contribution in [0.25, 0.3) is 11.0 Å². The minimum absolute atomic E-state index is 0.249. The van der Waals surface area contributed by atoms with Gasteiger partial charge in [-0.25, -0.2) is 0 Å². The normalized spacial score (nSPS) is 10.7. The van der Waals surface area contributed by atoms with Crippen LogP contribution in [0.1, 0.15) is 28.9 Å². The standard InChI is InChI=1S/C17H17N3O3/c1-4-22-17-18-10(2)15(11(3)19-17)20-16(21)14-9-12-7-5-6-8-13(12)23-14/h5-9H,4H2,1-3H3,(H,20,21). The van der Waals surface area contributed by atoms with Gasteiger partial charge in [0.25, 0.3) is 5.91 Å². The number of para-hydroxylation sites is 1. The first kappa shape index (κ1) is 15.0. The first-order chi connectivity index (χ1) is 11.1. The first-order valence-corrected chi connectivity index (χ1v) is 7.36. The zero-order chi connectivity index (χ0) is 16.4. The zero-order valence-corrected chi connectivity index (χ0v) is 13.2. The predicted octanol–water partition coefficient (Wildman–Crippen LogP) is 3.49. The molecule has 0 aliphatic carbocycles. The molecule has 6 heteroatoms. The van der Waals surface area contributed by atoms with Gasteiger partial charge in [0.2, 0.25) is 0 Å². The summed E-state index contributed by atoms with van der Waals surface area (Å²) in [7, 11) is 0. The second-order valence-corrected chi connectivity index (χ2v) is 5.09. The second kappa shape index (κ2) is 6.08. The number of aryl methyl sites for hydroxylation is 2. The van der Waals surface area contributed by atoms with E-state index < -0.39 is 0 Å². The second-order valence-electron chi connectivity index (χ2n) is 5.09. The van der Waals surface area contributed by atoms with Crippen molar-refractivity contribution in [2.24, 2.45) is 0 Å². The minimum atomic E-state index is -0.333. The van der Waals surface area contributed by atoms with E-state index in [0.717, 1.165) is 5.39 Å². The number of fused-ring (bicyclic) bond motifs is 1. The largest absolute Gasteiger partial charge is 0.464 e. The van der Waals surface area contributed by atoms with E-state index in [2.05, 4.69) is 15.3 Å². The third kappa shape index (κ3) is 3.01. The van der Waals surface area contributed by atoms with Crippen molar-refractivity contribution < 1.29 is 13.9 Å². The van der Waals surface area contributed by atoms with Gasteiger partial charge in [-0.15, -0.1) is 0 Å². The van der Waals surface area contributed by atoms with Crippen LogP contribution in [0.3, 0.4) is 0 Å². The Morgan fingerprint density at radius 2 is 1.91 bits per heavy atom. The topological polar surface area (TPSA) is 77.2 Å². The van der Waals surface area contributed by atoms with Crippen molar-refractivity contribution >= 4 is 22.6 Å². The van der Waals surface area contributed by atoms with Gasteiger partial charge in [0.15, 0.2) is 5.76 Å². The molecule has 118 valence electrons. The molecule has 0 saturated heterocycles. The van der Waals surface area contributed by atoms with Gasteiger partial charge in [-0.05, 0) is 32.9 Å². The number of furan rings is 1. The molecule has 0 saturated carbocycles. The third-order valence-electron chi connectivity index (χ3n) is 3.41. The predicted molar refractivity (Wildman–Crippen MR) is 86.8 cm³/mol. The molecule has 3 aromatic rings. The minimum Gasteiger partial charge on any atom is -0.464 e. The molecule has 2 heterocycles. The van der Waals surface area contributed by atoms with Gasteiger partial charge in [0.1, 0.15) is 5.58 Å². The van der Waals surface area contributed by atoms with Crippen LogP contribution in [0.4, 0.5) is 5.69 Å². The number of anilines is 1. The van der Waals surface area contributed by atoms with Crippen molar-refractivity contribution in [2.45, 2.75) is 20.8 Å². The maximum atomic E-state index is 12.4. The highest BCUT2D eigenvalue weighted by molar-refractivity contribution is 6.05. The van der Waals surface area contributed by atoms with Gasteiger partial charge in [-0.3, -0.25) is 4.79 Å². The average Bonchev–Trinajstić information content (AvgIpc) is 2.95. The summed E-state index contributed by atoms with van der Waals surface area (Å²) in [6.07, 6.45) is 0. The smallest absolute Gasteiger partial charge is 0.316 e. The average molecular weight is 311 g/mol. The van der Waals surface area contributed by atoms with Crippen LogP contribution in [0.15, 0.2) is 34.7 Å². The Morgan fingerprint density at radius 1 is 1.22 bits per heavy atom. The molecule has 0 fully saturated rings. The van der Waals surface area contributed by atoms with E-state index in [1.165, 1.54) is 0 Å². The number of rotatable bonds is 4. The van der Waals surface area contributed by atoms with Gasteiger partial charge in [-0.1, -0.05) is 18.2 Å².